The molecular formula is C23H29N3O4. The first-order valence-electron chi connectivity index (χ1n) is 10.1. The van der Waals surface area contributed by atoms with Crippen molar-refractivity contribution in [3.05, 3.63) is 60.2 Å². The molecule has 160 valence electrons. The van der Waals surface area contributed by atoms with Gasteiger partial charge in [-0.1, -0.05) is 30.3 Å². The Hall–Kier alpha value is -2.90. The molecule has 0 bridgehead atoms. The van der Waals surface area contributed by atoms with E-state index in [-0.39, 0.29) is 5.91 Å². The summed E-state index contributed by atoms with van der Waals surface area (Å²) in [5, 5.41) is 6.32. The Balaban J connectivity index is 1.61. The maximum atomic E-state index is 13.2. The van der Waals surface area contributed by atoms with Gasteiger partial charge in [0.1, 0.15) is 5.75 Å². The van der Waals surface area contributed by atoms with E-state index in [9.17, 15) is 9.59 Å². The highest BCUT2D eigenvalue weighted by atomic mass is 16.6. The summed E-state index contributed by atoms with van der Waals surface area (Å²) in [7, 11) is 3.24. The Morgan fingerprint density at radius 3 is 2.33 bits per heavy atom. The molecule has 0 atom stereocenters. The monoisotopic (exact) mass is 411 g/mol. The van der Waals surface area contributed by atoms with Crippen LogP contribution in [0, 0.1) is 5.41 Å². The highest BCUT2D eigenvalue weighted by Crippen LogP contribution is 2.31. The molecule has 2 N–H and O–H groups in total. The number of hydrogen-bond acceptors (Lipinski definition) is 5. The molecule has 1 fully saturated rings. The van der Waals surface area contributed by atoms with E-state index in [0.717, 1.165) is 18.7 Å². The average Bonchev–Trinajstić information content (AvgIpc) is 2.76. The molecule has 0 aliphatic carbocycles. The number of nitrogens with one attached hydrogen (secondary N) is 2. The van der Waals surface area contributed by atoms with Crippen molar-refractivity contribution >= 4 is 17.7 Å². The first-order valence-corrected chi connectivity index (χ1v) is 10.1. The minimum Gasteiger partial charge on any atom is -0.410 e. The van der Waals surface area contributed by atoms with Crippen LogP contribution in [0.2, 0.25) is 0 Å². The third-order valence-electron chi connectivity index (χ3n) is 5.21. The van der Waals surface area contributed by atoms with Crippen molar-refractivity contribution in [2.24, 2.45) is 5.41 Å². The molecule has 0 radical (unpaired) electrons. The third-order valence-corrected chi connectivity index (χ3v) is 5.21. The van der Waals surface area contributed by atoms with Crippen LogP contribution < -0.4 is 15.4 Å². The van der Waals surface area contributed by atoms with Crippen molar-refractivity contribution in [3.63, 3.8) is 0 Å². The number of piperidine rings is 1. The highest BCUT2D eigenvalue weighted by molar-refractivity contribution is 5.95. The number of amides is 2. The van der Waals surface area contributed by atoms with Gasteiger partial charge in [0.15, 0.2) is 0 Å². The number of anilines is 1. The number of ether oxygens (including phenoxy) is 2. The Morgan fingerprint density at radius 2 is 1.70 bits per heavy atom. The highest BCUT2D eigenvalue weighted by Gasteiger charge is 2.40. The van der Waals surface area contributed by atoms with E-state index < -0.39 is 11.5 Å². The summed E-state index contributed by atoms with van der Waals surface area (Å²) in [6, 6.07) is 16.7. The predicted octanol–water partition coefficient (Wildman–Crippen LogP) is 3.27. The predicted molar refractivity (Wildman–Crippen MR) is 115 cm³/mol. The van der Waals surface area contributed by atoms with Crippen LogP contribution in [-0.4, -0.2) is 50.7 Å². The van der Waals surface area contributed by atoms with Crippen molar-refractivity contribution in [3.8, 4) is 5.75 Å². The largest absolute Gasteiger partial charge is 0.414 e. The molecule has 0 saturated carbocycles. The van der Waals surface area contributed by atoms with Crippen LogP contribution in [0.1, 0.15) is 18.4 Å². The lowest BCUT2D eigenvalue weighted by Crippen LogP contribution is -2.47. The van der Waals surface area contributed by atoms with Crippen LogP contribution in [0.15, 0.2) is 54.6 Å². The third kappa shape index (κ3) is 5.81. The van der Waals surface area contributed by atoms with Crippen molar-refractivity contribution < 1.29 is 19.1 Å². The van der Waals surface area contributed by atoms with Crippen LogP contribution in [0.4, 0.5) is 10.5 Å². The molecule has 1 saturated heterocycles. The molecule has 3 rings (SSSR count). The van der Waals surface area contributed by atoms with Crippen LogP contribution >= 0.6 is 0 Å². The van der Waals surface area contributed by atoms with Crippen molar-refractivity contribution in [2.75, 3.05) is 39.1 Å². The van der Waals surface area contributed by atoms with Gasteiger partial charge in [-0.3, -0.25) is 4.79 Å². The SMILES string of the molecule is CN(C)C(=O)Oc1ccc(NC(=O)C2(COCc3ccccc3)CCNCC2)cc1. The second-order valence-corrected chi connectivity index (χ2v) is 7.75. The summed E-state index contributed by atoms with van der Waals surface area (Å²) in [5.41, 5.74) is 1.17. The zero-order valence-corrected chi connectivity index (χ0v) is 17.5. The number of benzene rings is 2. The molecule has 2 aromatic rings. The first kappa shape index (κ1) is 21.8. The second kappa shape index (κ2) is 10.2. The van der Waals surface area contributed by atoms with Gasteiger partial charge in [0.25, 0.3) is 0 Å². The zero-order chi connectivity index (χ0) is 21.4. The van der Waals surface area contributed by atoms with Gasteiger partial charge < -0.3 is 25.0 Å². The van der Waals surface area contributed by atoms with E-state index in [1.54, 1.807) is 38.4 Å². The van der Waals surface area contributed by atoms with Crippen molar-refractivity contribution in [1.29, 1.82) is 0 Å². The van der Waals surface area contributed by atoms with E-state index in [2.05, 4.69) is 10.6 Å². The maximum absolute atomic E-state index is 13.2. The zero-order valence-electron chi connectivity index (χ0n) is 17.5. The molecule has 30 heavy (non-hydrogen) atoms. The lowest BCUT2D eigenvalue weighted by Gasteiger charge is -2.36. The number of rotatable bonds is 7. The number of carbonyl (C=O) groups is 2. The fourth-order valence-electron chi connectivity index (χ4n) is 3.34. The van der Waals surface area contributed by atoms with Crippen molar-refractivity contribution in [1.82, 2.24) is 10.2 Å². The molecule has 1 aliphatic heterocycles. The molecule has 1 heterocycles. The van der Waals surface area contributed by atoms with Crippen LogP contribution in [-0.2, 0) is 16.1 Å². The summed E-state index contributed by atoms with van der Waals surface area (Å²) in [4.78, 5) is 26.2. The Kier molecular flexibility index (Phi) is 7.43. The van der Waals surface area contributed by atoms with Gasteiger partial charge in [0, 0.05) is 19.8 Å². The smallest absolute Gasteiger partial charge is 0.410 e. The van der Waals surface area contributed by atoms with E-state index in [1.165, 1.54) is 4.90 Å². The maximum Gasteiger partial charge on any atom is 0.414 e. The molecule has 7 heteroatoms. The fraction of sp³-hybridized carbons (Fsp3) is 0.391. The molecule has 2 aromatic carbocycles. The van der Waals surface area contributed by atoms with Gasteiger partial charge in [0.2, 0.25) is 5.91 Å². The quantitative estimate of drug-likeness (QED) is 0.731. The molecule has 7 nitrogen and oxygen atoms in total. The topological polar surface area (TPSA) is 79.9 Å². The van der Waals surface area contributed by atoms with Crippen molar-refractivity contribution in [2.45, 2.75) is 19.4 Å². The summed E-state index contributed by atoms with van der Waals surface area (Å²) < 4.78 is 11.2. The van der Waals surface area contributed by atoms with E-state index in [1.807, 2.05) is 30.3 Å². The number of hydrogen-bond donors (Lipinski definition) is 2. The lowest BCUT2D eigenvalue weighted by molar-refractivity contribution is -0.131. The second-order valence-electron chi connectivity index (χ2n) is 7.75. The Bertz CT molecular complexity index is 831. The molecule has 1 aliphatic rings. The summed E-state index contributed by atoms with van der Waals surface area (Å²) >= 11 is 0. The van der Waals surface area contributed by atoms with Gasteiger partial charge in [-0.15, -0.1) is 0 Å². The van der Waals surface area contributed by atoms with Gasteiger partial charge >= 0.3 is 6.09 Å². The number of nitrogens with zero attached hydrogens (tertiary/aromatic N) is 1. The Morgan fingerprint density at radius 1 is 1.03 bits per heavy atom. The van der Waals surface area contributed by atoms with E-state index in [4.69, 9.17) is 9.47 Å². The summed E-state index contributed by atoms with van der Waals surface area (Å²) in [6.07, 6.45) is 0.981. The van der Waals surface area contributed by atoms with Crippen LogP contribution in [0.3, 0.4) is 0 Å². The number of carbonyl (C=O) groups excluding carboxylic acids is 2. The average molecular weight is 412 g/mol. The summed E-state index contributed by atoms with van der Waals surface area (Å²) in [5.74, 6) is 0.379. The minimum atomic E-state index is -0.573. The molecule has 2 amide bonds. The van der Waals surface area contributed by atoms with Gasteiger partial charge in [-0.2, -0.15) is 0 Å². The molecular weight excluding hydrogens is 382 g/mol. The standard InChI is InChI=1S/C23H29N3O4/c1-26(2)22(28)30-20-10-8-19(9-11-20)25-21(27)23(12-14-24-15-13-23)17-29-16-18-6-4-3-5-7-18/h3-11,24H,12-17H2,1-2H3,(H,25,27). The van der Waals surface area contributed by atoms with Crippen LogP contribution in [0.25, 0.3) is 0 Å². The molecule has 0 aromatic heterocycles. The fourth-order valence-corrected chi connectivity index (χ4v) is 3.34. The van der Waals surface area contributed by atoms with E-state index >= 15 is 0 Å². The van der Waals surface area contributed by atoms with Gasteiger partial charge in [0.05, 0.1) is 18.6 Å². The first-order chi connectivity index (χ1) is 14.5. The van der Waals surface area contributed by atoms with Gasteiger partial charge in [-0.25, -0.2) is 4.79 Å². The lowest BCUT2D eigenvalue weighted by atomic mass is 9.78. The van der Waals surface area contributed by atoms with Crippen LogP contribution in [0.5, 0.6) is 5.75 Å². The molecule has 0 spiro atoms. The Labute approximate surface area is 177 Å². The molecule has 0 unspecified atom stereocenters. The van der Waals surface area contributed by atoms with Gasteiger partial charge in [-0.05, 0) is 55.8 Å². The normalized spacial score (nSPS) is 15.3. The van der Waals surface area contributed by atoms with E-state index in [0.29, 0.717) is 37.5 Å². The summed E-state index contributed by atoms with van der Waals surface area (Å²) in [6.45, 7) is 2.41. The minimum absolute atomic E-state index is 0.0462.